The molecule has 0 saturated heterocycles. The van der Waals surface area contributed by atoms with Crippen LogP contribution in [0.15, 0.2) is 42.5 Å². The molecule has 0 saturated carbocycles. The monoisotopic (exact) mass is 287 g/mol. The average molecular weight is 287 g/mol. The second kappa shape index (κ2) is 7.11. The lowest BCUT2D eigenvalue weighted by molar-refractivity contribution is 0.386. The quantitative estimate of drug-likeness (QED) is 0.810. The Balaban J connectivity index is 2.06. The number of nitrogens with one attached hydrogen (secondary N) is 1. The number of ether oxygens (including phenoxy) is 1. The van der Waals surface area contributed by atoms with Crippen LogP contribution in [-0.4, -0.2) is 7.11 Å². The molecule has 1 atom stereocenters. The zero-order valence-electron chi connectivity index (χ0n) is 12.8. The first-order chi connectivity index (χ1) is 10.1. The summed E-state index contributed by atoms with van der Waals surface area (Å²) in [5, 5.41) is 3.31. The fourth-order valence-electron chi connectivity index (χ4n) is 2.35. The lowest BCUT2D eigenvalue weighted by Crippen LogP contribution is -2.07. The summed E-state index contributed by atoms with van der Waals surface area (Å²) in [6.07, 6.45) is 2.25. The molecular weight excluding hydrogens is 265 g/mol. The van der Waals surface area contributed by atoms with Crippen LogP contribution in [0.3, 0.4) is 0 Å². The molecule has 2 aromatic rings. The third-order valence-corrected chi connectivity index (χ3v) is 3.55. The predicted molar refractivity (Wildman–Crippen MR) is 85.4 cm³/mol. The maximum Gasteiger partial charge on any atom is 0.167 e. The molecule has 0 spiro atoms. The second-order valence-electron chi connectivity index (χ2n) is 5.21. The van der Waals surface area contributed by atoms with Crippen molar-refractivity contribution in [3.05, 3.63) is 59.4 Å². The topological polar surface area (TPSA) is 21.3 Å². The van der Waals surface area contributed by atoms with E-state index in [0.717, 1.165) is 18.5 Å². The summed E-state index contributed by atoms with van der Waals surface area (Å²) >= 11 is 0. The van der Waals surface area contributed by atoms with E-state index in [1.165, 1.54) is 24.3 Å². The molecule has 3 heteroatoms. The van der Waals surface area contributed by atoms with Crippen LogP contribution in [-0.2, 0) is 6.42 Å². The molecule has 112 valence electrons. The molecule has 0 aliphatic carbocycles. The number of rotatable bonds is 6. The summed E-state index contributed by atoms with van der Waals surface area (Å²) in [7, 11) is 1.46. The van der Waals surface area contributed by atoms with Crippen LogP contribution < -0.4 is 10.1 Å². The third-order valence-electron chi connectivity index (χ3n) is 3.55. The van der Waals surface area contributed by atoms with Gasteiger partial charge in [-0.1, -0.05) is 37.6 Å². The van der Waals surface area contributed by atoms with Crippen LogP contribution in [0, 0.1) is 5.82 Å². The van der Waals surface area contributed by atoms with E-state index in [9.17, 15) is 4.39 Å². The molecular formula is C18H22FNO. The summed E-state index contributed by atoms with van der Waals surface area (Å²) < 4.78 is 18.6. The van der Waals surface area contributed by atoms with Crippen LogP contribution in [0.2, 0.25) is 0 Å². The summed E-state index contributed by atoms with van der Waals surface area (Å²) in [6.45, 7) is 4.24. The Morgan fingerprint density at radius 3 is 2.43 bits per heavy atom. The van der Waals surface area contributed by atoms with Crippen molar-refractivity contribution in [3.63, 3.8) is 0 Å². The number of halogens is 1. The van der Waals surface area contributed by atoms with Gasteiger partial charge in [0.15, 0.2) is 11.6 Å². The zero-order chi connectivity index (χ0) is 15.2. The van der Waals surface area contributed by atoms with Gasteiger partial charge < -0.3 is 10.1 Å². The van der Waals surface area contributed by atoms with Crippen molar-refractivity contribution in [2.24, 2.45) is 0 Å². The highest BCUT2D eigenvalue weighted by atomic mass is 19.1. The van der Waals surface area contributed by atoms with Gasteiger partial charge in [-0.25, -0.2) is 4.39 Å². The van der Waals surface area contributed by atoms with Crippen LogP contribution in [0.4, 0.5) is 10.1 Å². The maximum atomic E-state index is 13.7. The predicted octanol–water partition coefficient (Wildman–Crippen LogP) is 4.96. The number of aryl methyl sites for hydroxylation is 1. The number of hydrogen-bond donors (Lipinski definition) is 1. The Morgan fingerprint density at radius 2 is 1.86 bits per heavy atom. The summed E-state index contributed by atoms with van der Waals surface area (Å²) in [6, 6.07) is 13.6. The van der Waals surface area contributed by atoms with E-state index in [1.807, 2.05) is 6.07 Å². The highest BCUT2D eigenvalue weighted by Crippen LogP contribution is 2.24. The SMILES string of the molecule is CCCc1ccc(C(C)Nc2ccc(OC)c(F)c2)cc1. The first-order valence-electron chi connectivity index (χ1n) is 7.33. The van der Waals surface area contributed by atoms with E-state index in [2.05, 4.69) is 43.4 Å². The molecule has 2 nitrogen and oxygen atoms in total. The fraction of sp³-hybridized carbons (Fsp3) is 0.333. The van der Waals surface area contributed by atoms with Gasteiger partial charge >= 0.3 is 0 Å². The lowest BCUT2D eigenvalue weighted by atomic mass is 10.0. The Hall–Kier alpha value is -2.03. The van der Waals surface area contributed by atoms with Crippen molar-refractivity contribution in [3.8, 4) is 5.75 Å². The third kappa shape index (κ3) is 3.97. The highest BCUT2D eigenvalue weighted by molar-refractivity contribution is 5.49. The number of methoxy groups -OCH3 is 1. The Kier molecular flexibility index (Phi) is 5.20. The van der Waals surface area contributed by atoms with Crippen LogP contribution in [0.25, 0.3) is 0 Å². The van der Waals surface area contributed by atoms with Crippen molar-refractivity contribution in [1.82, 2.24) is 0 Å². The number of benzene rings is 2. The molecule has 0 aromatic heterocycles. The zero-order valence-corrected chi connectivity index (χ0v) is 12.8. The molecule has 0 aliphatic heterocycles. The van der Waals surface area contributed by atoms with Crippen molar-refractivity contribution < 1.29 is 9.13 Å². The maximum absolute atomic E-state index is 13.7. The van der Waals surface area contributed by atoms with Gasteiger partial charge in [0.05, 0.1) is 7.11 Å². The van der Waals surface area contributed by atoms with Crippen LogP contribution in [0.1, 0.15) is 37.4 Å². The van der Waals surface area contributed by atoms with E-state index in [1.54, 1.807) is 6.07 Å². The molecule has 0 fully saturated rings. The van der Waals surface area contributed by atoms with Crippen LogP contribution >= 0.6 is 0 Å². The minimum Gasteiger partial charge on any atom is -0.494 e. The van der Waals surface area contributed by atoms with Gasteiger partial charge in [-0.3, -0.25) is 0 Å². The molecule has 2 rings (SSSR count). The van der Waals surface area contributed by atoms with Gasteiger partial charge in [-0.2, -0.15) is 0 Å². The summed E-state index contributed by atoms with van der Waals surface area (Å²) in [5.74, 6) is -0.0925. The van der Waals surface area contributed by atoms with Crippen molar-refractivity contribution in [2.75, 3.05) is 12.4 Å². The van der Waals surface area contributed by atoms with Gasteiger partial charge in [0.2, 0.25) is 0 Å². The molecule has 1 unspecified atom stereocenters. The molecule has 0 aliphatic rings. The highest BCUT2D eigenvalue weighted by Gasteiger charge is 2.08. The van der Waals surface area contributed by atoms with E-state index in [0.29, 0.717) is 0 Å². The van der Waals surface area contributed by atoms with E-state index in [-0.39, 0.29) is 17.6 Å². The van der Waals surface area contributed by atoms with Gasteiger partial charge in [-0.05, 0) is 36.6 Å². The lowest BCUT2D eigenvalue weighted by Gasteiger charge is -2.16. The van der Waals surface area contributed by atoms with E-state index >= 15 is 0 Å². The minimum atomic E-state index is -0.354. The van der Waals surface area contributed by atoms with Gasteiger partial charge in [0.25, 0.3) is 0 Å². The number of hydrogen-bond acceptors (Lipinski definition) is 2. The summed E-state index contributed by atoms with van der Waals surface area (Å²) in [5.41, 5.74) is 3.29. The number of anilines is 1. The average Bonchev–Trinajstić information content (AvgIpc) is 2.48. The Morgan fingerprint density at radius 1 is 1.14 bits per heavy atom. The largest absolute Gasteiger partial charge is 0.494 e. The van der Waals surface area contributed by atoms with Crippen LogP contribution in [0.5, 0.6) is 5.75 Å². The molecule has 0 bridgehead atoms. The molecule has 21 heavy (non-hydrogen) atoms. The normalized spacial score (nSPS) is 12.0. The van der Waals surface area contributed by atoms with Crippen molar-refractivity contribution >= 4 is 5.69 Å². The molecule has 1 N–H and O–H groups in total. The van der Waals surface area contributed by atoms with Gasteiger partial charge in [0, 0.05) is 17.8 Å². The molecule has 0 amide bonds. The molecule has 0 radical (unpaired) electrons. The van der Waals surface area contributed by atoms with E-state index in [4.69, 9.17) is 4.74 Å². The Bertz CT molecular complexity index is 580. The van der Waals surface area contributed by atoms with E-state index < -0.39 is 0 Å². The summed E-state index contributed by atoms with van der Waals surface area (Å²) in [4.78, 5) is 0. The second-order valence-corrected chi connectivity index (χ2v) is 5.21. The first kappa shape index (κ1) is 15.4. The van der Waals surface area contributed by atoms with Crippen molar-refractivity contribution in [2.45, 2.75) is 32.7 Å². The minimum absolute atomic E-state index is 0.119. The fourth-order valence-corrected chi connectivity index (χ4v) is 2.35. The van der Waals surface area contributed by atoms with Gasteiger partial charge in [0.1, 0.15) is 0 Å². The molecule has 0 heterocycles. The standard InChI is InChI=1S/C18H22FNO/c1-4-5-14-6-8-15(9-7-14)13(2)20-16-10-11-18(21-3)17(19)12-16/h6-13,20H,4-5H2,1-3H3. The van der Waals surface area contributed by atoms with Crippen molar-refractivity contribution in [1.29, 1.82) is 0 Å². The molecule has 2 aromatic carbocycles. The Labute approximate surface area is 126 Å². The smallest absolute Gasteiger partial charge is 0.167 e. The first-order valence-corrected chi connectivity index (χ1v) is 7.33. The van der Waals surface area contributed by atoms with Gasteiger partial charge in [-0.15, -0.1) is 0 Å².